The molecule has 0 radical (unpaired) electrons. The van der Waals surface area contributed by atoms with Crippen LogP contribution in [-0.4, -0.2) is 28.2 Å². The highest BCUT2D eigenvalue weighted by molar-refractivity contribution is 7.14. The first-order valence-electron chi connectivity index (χ1n) is 8.29. The lowest BCUT2D eigenvalue weighted by Crippen LogP contribution is -2.30. The molecule has 1 saturated carbocycles. The van der Waals surface area contributed by atoms with E-state index in [4.69, 9.17) is 4.74 Å². The Bertz CT molecular complexity index is 708. The molecule has 0 spiro atoms. The van der Waals surface area contributed by atoms with E-state index in [0.717, 1.165) is 29.8 Å². The number of carbonyl (C=O) groups is 1. The summed E-state index contributed by atoms with van der Waals surface area (Å²) in [5.41, 5.74) is 0.843. The van der Waals surface area contributed by atoms with Crippen molar-refractivity contribution in [3.63, 3.8) is 0 Å². The summed E-state index contributed by atoms with van der Waals surface area (Å²) in [5, 5.41) is 15.6. The molecule has 0 unspecified atom stereocenters. The Balaban J connectivity index is 1.68. The van der Waals surface area contributed by atoms with Crippen molar-refractivity contribution in [2.75, 3.05) is 11.9 Å². The number of hydrogen-bond donors (Lipinski definition) is 2. The number of carbonyl (C=O) groups excluding carboxylic acids is 1. The third-order valence-corrected chi connectivity index (χ3v) is 4.99. The van der Waals surface area contributed by atoms with Gasteiger partial charge in [-0.05, 0) is 31.9 Å². The van der Waals surface area contributed by atoms with Gasteiger partial charge in [0.25, 0.3) is 0 Å². The molecule has 2 N–H and O–H groups in total. The molecule has 0 bridgehead atoms. The largest absolute Gasteiger partial charge is 0.493 e. The highest BCUT2D eigenvalue weighted by atomic mass is 32.1. The van der Waals surface area contributed by atoms with Gasteiger partial charge in [0.2, 0.25) is 5.91 Å². The smallest absolute Gasteiger partial charge is 0.229 e. The fourth-order valence-electron chi connectivity index (χ4n) is 3.09. The SMILES string of the molecule is CCOc1ccccc1-c1csc(NC(=O)CC2(O)CCCC2)n1. The summed E-state index contributed by atoms with van der Waals surface area (Å²) >= 11 is 1.38. The number of nitrogens with zero attached hydrogens (tertiary/aromatic N) is 1. The van der Waals surface area contributed by atoms with Gasteiger partial charge in [-0.25, -0.2) is 4.98 Å². The molecule has 0 atom stereocenters. The summed E-state index contributed by atoms with van der Waals surface area (Å²) < 4.78 is 5.63. The topological polar surface area (TPSA) is 71.5 Å². The van der Waals surface area contributed by atoms with E-state index >= 15 is 0 Å². The number of thiazole rings is 1. The normalized spacial score (nSPS) is 16.1. The Hall–Kier alpha value is -1.92. The number of para-hydroxylation sites is 1. The first kappa shape index (κ1) is 16.9. The average Bonchev–Trinajstić information content (AvgIpc) is 3.17. The number of ether oxygens (including phenoxy) is 1. The van der Waals surface area contributed by atoms with Gasteiger partial charge in [-0.15, -0.1) is 11.3 Å². The van der Waals surface area contributed by atoms with Gasteiger partial charge in [0, 0.05) is 10.9 Å². The van der Waals surface area contributed by atoms with Crippen molar-refractivity contribution < 1.29 is 14.6 Å². The van der Waals surface area contributed by atoms with Crippen molar-refractivity contribution in [3.8, 4) is 17.0 Å². The number of rotatable bonds is 6. The molecule has 1 amide bonds. The van der Waals surface area contributed by atoms with Gasteiger partial charge in [0.15, 0.2) is 5.13 Å². The summed E-state index contributed by atoms with van der Waals surface area (Å²) in [6, 6.07) is 7.72. The minimum atomic E-state index is -0.842. The first-order chi connectivity index (χ1) is 11.6. The summed E-state index contributed by atoms with van der Waals surface area (Å²) in [4.78, 5) is 16.6. The predicted molar refractivity (Wildman–Crippen MR) is 95.4 cm³/mol. The van der Waals surface area contributed by atoms with Crippen LogP contribution in [0.25, 0.3) is 11.3 Å². The maximum Gasteiger partial charge on any atom is 0.229 e. The molecule has 2 aromatic rings. The van der Waals surface area contributed by atoms with Crippen LogP contribution in [0.4, 0.5) is 5.13 Å². The van der Waals surface area contributed by atoms with Crippen LogP contribution in [0.3, 0.4) is 0 Å². The van der Waals surface area contributed by atoms with Crippen LogP contribution in [0.5, 0.6) is 5.75 Å². The summed E-state index contributed by atoms with van der Waals surface area (Å²) in [5.74, 6) is 0.599. The number of aromatic nitrogens is 1. The van der Waals surface area contributed by atoms with Gasteiger partial charge in [-0.3, -0.25) is 4.79 Å². The predicted octanol–water partition coefficient (Wildman–Crippen LogP) is 3.84. The zero-order valence-corrected chi connectivity index (χ0v) is 14.6. The number of amides is 1. The molecule has 1 aromatic heterocycles. The van der Waals surface area contributed by atoms with E-state index in [1.54, 1.807) is 0 Å². The molecule has 0 saturated heterocycles. The van der Waals surface area contributed by atoms with Crippen molar-refractivity contribution in [1.82, 2.24) is 4.98 Å². The van der Waals surface area contributed by atoms with Crippen LogP contribution in [0.2, 0.25) is 0 Å². The lowest BCUT2D eigenvalue weighted by Gasteiger charge is -2.20. The van der Waals surface area contributed by atoms with Crippen LogP contribution < -0.4 is 10.1 Å². The monoisotopic (exact) mass is 346 g/mol. The second-order valence-corrected chi connectivity index (χ2v) is 6.98. The second kappa shape index (κ2) is 7.32. The standard InChI is InChI=1S/C18H22N2O3S/c1-2-23-15-8-4-3-7-13(15)14-12-24-17(19-14)20-16(21)11-18(22)9-5-6-10-18/h3-4,7-8,12,22H,2,5-6,9-11H2,1H3,(H,19,20,21). The molecule has 1 aromatic carbocycles. The van der Waals surface area contributed by atoms with Gasteiger partial charge >= 0.3 is 0 Å². The van der Waals surface area contributed by atoms with E-state index in [2.05, 4.69) is 10.3 Å². The molecular weight excluding hydrogens is 324 g/mol. The van der Waals surface area contributed by atoms with Crippen LogP contribution in [0.1, 0.15) is 39.0 Å². The van der Waals surface area contributed by atoms with E-state index in [-0.39, 0.29) is 12.3 Å². The molecule has 5 nitrogen and oxygen atoms in total. The van der Waals surface area contributed by atoms with Crippen molar-refractivity contribution in [2.24, 2.45) is 0 Å². The van der Waals surface area contributed by atoms with Gasteiger partial charge < -0.3 is 15.2 Å². The maximum absolute atomic E-state index is 12.2. The summed E-state index contributed by atoms with van der Waals surface area (Å²) in [6.45, 7) is 2.53. The molecule has 3 rings (SSSR count). The average molecular weight is 346 g/mol. The molecule has 24 heavy (non-hydrogen) atoms. The molecule has 1 heterocycles. The Morgan fingerprint density at radius 2 is 2.12 bits per heavy atom. The molecule has 1 fully saturated rings. The number of nitrogens with one attached hydrogen (secondary N) is 1. The van der Waals surface area contributed by atoms with Crippen molar-refractivity contribution in [3.05, 3.63) is 29.6 Å². The first-order valence-corrected chi connectivity index (χ1v) is 9.17. The second-order valence-electron chi connectivity index (χ2n) is 6.12. The molecule has 1 aliphatic carbocycles. The van der Waals surface area contributed by atoms with Crippen LogP contribution in [-0.2, 0) is 4.79 Å². The van der Waals surface area contributed by atoms with Crippen LogP contribution in [0, 0.1) is 0 Å². The third kappa shape index (κ3) is 3.94. The Labute approximate surface area is 145 Å². The third-order valence-electron chi connectivity index (χ3n) is 4.24. The van der Waals surface area contributed by atoms with Gasteiger partial charge in [-0.1, -0.05) is 25.0 Å². The molecular formula is C18H22N2O3S. The van der Waals surface area contributed by atoms with Crippen molar-refractivity contribution >= 4 is 22.4 Å². The van der Waals surface area contributed by atoms with Crippen LogP contribution >= 0.6 is 11.3 Å². The highest BCUT2D eigenvalue weighted by Gasteiger charge is 2.33. The number of hydrogen-bond acceptors (Lipinski definition) is 5. The molecule has 1 aliphatic rings. The molecule has 6 heteroatoms. The van der Waals surface area contributed by atoms with E-state index in [1.807, 2.05) is 36.6 Å². The lowest BCUT2D eigenvalue weighted by molar-refractivity contribution is -0.120. The van der Waals surface area contributed by atoms with E-state index in [9.17, 15) is 9.90 Å². The van der Waals surface area contributed by atoms with E-state index < -0.39 is 5.60 Å². The zero-order chi connectivity index (χ0) is 17.0. The van der Waals surface area contributed by atoms with Crippen molar-refractivity contribution in [1.29, 1.82) is 0 Å². The Morgan fingerprint density at radius 1 is 1.38 bits per heavy atom. The minimum Gasteiger partial charge on any atom is -0.493 e. The van der Waals surface area contributed by atoms with Crippen LogP contribution in [0.15, 0.2) is 29.6 Å². The summed E-state index contributed by atoms with van der Waals surface area (Å²) in [6.07, 6.45) is 3.51. The fourth-order valence-corrected chi connectivity index (χ4v) is 3.81. The number of benzene rings is 1. The summed E-state index contributed by atoms with van der Waals surface area (Å²) in [7, 11) is 0. The van der Waals surface area contributed by atoms with E-state index in [1.165, 1.54) is 11.3 Å². The van der Waals surface area contributed by atoms with Crippen molar-refractivity contribution in [2.45, 2.75) is 44.6 Å². The van der Waals surface area contributed by atoms with Gasteiger partial charge in [0.1, 0.15) is 5.75 Å². The molecule has 128 valence electrons. The highest BCUT2D eigenvalue weighted by Crippen LogP contribution is 2.34. The number of aliphatic hydroxyl groups is 1. The maximum atomic E-state index is 12.2. The minimum absolute atomic E-state index is 0.136. The Morgan fingerprint density at radius 3 is 2.88 bits per heavy atom. The Kier molecular flexibility index (Phi) is 5.16. The fraction of sp³-hybridized carbons (Fsp3) is 0.444. The number of anilines is 1. The van der Waals surface area contributed by atoms with Gasteiger partial charge in [0.05, 0.1) is 24.3 Å². The molecule has 0 aliphatic heterocycles. The quantitative estimate of drug-likeness (QED) is 0.833. The zero-order valence-electron chi connectivity index (χ0n) is 13.7. The van der Waals surface area contributed by atoms with E-state index in [0.29, 0.717) is 24.6 Å². The van der Waals surface area contributed by atoms with Gasteiger partial charge in [-0.2, -0.15) is 0 Å². The lowest BCUT2D eigenvalue weighted by atomic mass is 9.98.